The normalized spacial score (nSPS) is 13.1. The number of nitrogens with zero attached hydrogens (tertiary/aromatic N) is 2. The van der Waals surface area contributed by atoms with Gasteiger partial charge in [0.2, 0.25) is 0 Å². The summed E-state index contributed by atoms with van der Waals surface area (Å²) in [5.41, 5.74) is 3.35. The van der Waals surface area contributed by atoms with E-state index in [1.165, 1.54) is 17.3 Å². The third-order valence-corrected chi connectivity index (χ3v) is 6.03. The summed E-state index contributed by atoms with van der Waals surface area (Å²) in [6.45, 7) is 5.30. The van der Waals surface area contributed by atoms with Crippen molar-refractivity contribution < 1.29 is 8.42 Å². The van der Waals surface area contributed by atoms with Gasteiger partial charge in [0.1, 0.15) is 0 Å². The molecule has 0 spiro atoms. The molecule has 0 heterocycles. The van der Waals surface area contributed by atoms with E-state index < -0.39 is 10.0 Å². The summed E-state index contributed by atoms with van der Waals surface area (Å²) in [7, 11) is -3.71. The minimum Gasteiger partial charge on any atom is -0.287 e. The summed E-state index contributed by atoms with van der Waals surface area (Å²) in [4.78, 5) is 2.42. The van der Waals surface area contributed by atoms with Crippen LogP contribution in [0.3, 0.4) is 0 Å². The van der Waals surface area contributed by atoms with Gasteiger partial charge in [-0.25, -0.2) is 0 Å². The van der Waals surface area contributed by atoms with E-state index in [1.54, 1.807) is 24.3 Å². The van der Waals surface area contributed by atoms with E-state index in [1.807, 2.05) is 50.2 Å². The Labute approximate surface area is 173 Å². The molecular formula is C24H26N2O2S. The van der Waals surface area contributed by atoms with Gasteiger partial charge in [-0.15, -0.1) is 0 Å². The van der Waals surface area contributed by atoms with Crippen molar-refractivity contribution in [3.05, 3.63) is 102 Å². The number of benzene rings is 3. The Morgan fingerprint density at radius 1 is 0.828 bits per heavy atom. The second-order valence-corrected chi connectivity index (χ2v) is 8.79. The topological polar surface area (TPSA) is 49.7 Å². The quantitative estimate of drug-likeness (QED) is 0.503. The predicted molar refractivity (Wildman–Crippen MR) is 118 cm³/mol. The number of sulfonamides is 1. The lowest BCUT2D eigenvalue weighted by atomic mass is 10.1. The lowest BCUT2D eigenvalue weighted by molar-refractivity contribution is 0.238. The molecule has 0 saturated carbocycles. The number of rotatable bonds is 8. The van der Waals surface area contributed by atoms with E-state index in [0.29, 0.717) is 13.1 Å². The number of hydrogen-bond acceptors (Lipinski definition) is 3. The lowest BCUT2D eigenvalue weighted by Crippen LogP contribution is -2.33. The van der Waals surface area contributed by atoms with Crippen molar-refractivity contribution in [3.63, 3.8) is 0 Å². The van der Waals surface area contributed by atoms with E-state index in [4.69, 9.17) is 0 Å². The largest absolute Gasteiger partial charge is 0.287 e. The average Bonchev–Trinajstić information content (AvgIpc) is 2.73. The molecule has 0 aliphatic rings. The smallest absolute Gasteiger partial charge is 0.282 e. The van der Waals surface area contributed by atoms with Gasteiger partial charge in [0.05, 0.1) is 4.90 Å². The fourth-order valence-electron chi connectivity index (χ4n) is 3.01. The lowest BCUT2D eigenvalue weighted by Gasteiger charge is -2.26. The van der Waals surface area contributed by atoms with Crippen LogP contribution in [0.15, 0.2) is 94.2 Å². The summed E-state index contributed by atoms with van der Waals surface area (Å²) in [5.74, 6) is 0. The molecule has 0 aliphatic heterocycles. The molecule has 0 aromatic heterocycles. The predicted octanol–water partition coefficient (Wildman–Crippen LogP) is 4.85. The molecule has 1 atom stereocenters. The minimum absolute atomic E-state index is 0.157. The monoisotopic (exact) mass is 406 g/mol. The molecule has 0 fully saturated rings. The molecule has 3 rings (SSSR count). The molecule has 0 radical (unpaired) electrons. The zero-order valence-electron chi connectivity index (χ0n) is 16.8. The Bertz CT molecular complexity index is 990. The standard InChI is InChI=1S/C24H26N2O2S/c1-20-13-15-24(16-14-20)29(27,28)25-17-21(2)26(18-22-9-5-3-6-10-22)19-23-11-7-4-8-12-23/h3-17,21H,18-19H2,1-2H3/b25-17+/t21-/m0/s1. The first-order chi connectivity index (χ1) is 13.9. The van der Waals surface area contributed by atoms with Crippen LogP contribution in [0.5, 0.6) is 0 Å². The van der Waals surface area contributed by atoms with Gasteiger partial charge in [-0.3, -0.25) is 4.90 Å². The number of aryl methyl sites for hydroxylation is 1. The Morgan fingerprint density at radius 2 is 1.31 bits per heavy atom. The fourth-order valence-corrected chi connectivity index (χ4v) is 3.95. The van der Waals surface area contributed by atoms with Crippen LogP contribution in [0, 0.1) is 6.92 Å². The van der Waals surface area contributed by atoms with Gasteiger partial charge >= 0.3 is 0 Å². The van der Waals surface area contributed by atoms with Gasteiger partial charge in [-0.1, -0.05) is 78.4 Å². The molecule has 0 amide bonds. The third-order valence-electron chi connectivity index (χ3n) is 4.77. The van der Waals surface area contributed by atoms with Crippen LogP contribution >= 0.6 is 0 Å². The van der Waals surface area contributed by atoms with Crippen molar-refractivity contribution >= 4 is 16.2 Å². The van der Waals surface area contributed by atoms with Crippen molar-refractivity contribution in [3.8, 4) is 0 Å². The molecule has 0 N–H and O–H groups in total. The van der Waals surface area contributed by atoms with Crippen LogP contribution in [0.2, 0.25) is 0 Å². The maximum atomic E-state index is 12.6. The summed E-state index contributed by atoms with van der Waals surface area (Å²) in [6, 6.07) is 26.9. The van der Waals surface area contributed by atoms with Crippen LogP contribution in [0.1, 0.15) is 23.6 Å². The molecule has 0 aliphatic carbocycles. The first-order valence-corrected chi connectivity index (χ1v) is 11.1. The molecule has 3 aromatic rings. The first kappa shape index (κ1) is 21.0. The molecule has 0 unspecified atom stereocenters. The van der Waals surface area contributed by atoms with E-state index in [-0.39, 0.29) is 10.9 Å². The summed E-state index contributed by atoms with van der Waals surface area (Å²) in [6.07, 6.45) is 1.53. The van der Waals surface area contributed by atoms with E-state index in [2.05, 4.69) is 33.6 Å². The van der Waals surface area contributed by atoms with E-state index >= 15 is 0 Å². The van der Waals surface area contributed by atoms with Gasteiger partial charge in [-0.2, -0.15) is 12.8 Å². The second kappa shape index (κ2) is 9.63. The summed E-state index contributed by atoms with van der Waals surface area (Å²) < 4.78 is 29.1. The zero-order chi connectivity index (χ0) is 20.7. The van der Waals surface area contributed by atoms with E-state index in [0.717, 1.165) is 5.56 Å². The maximum absolute atomic E-state index is 12.6. The highest BCUT2D eigenvalue weighted by Crippen LogP contribution is 2.15. The summed E-state index contributed by atoms with van der Waals surface area (Å²) in [5, 5.41) is 0. The van der Waals surface area contributed by atoms with Crippen LogP contribution in [0.25, 0.3) is 0 Å². The second-order valence-electron chi connectivity index (χ2n) is 7.16. The highest BCUT2D eigenvalue weighted by Gasteiger charge is 2.16. The van der Waals surface area contributed by atoms with Crippen molar-refractivity contribution in [1.82, 2.24) is 4.90 Å². The molecule has 0 saturated heterocycles. The molecule has 5 heteroatoms. The van der Waals surface area contributed by atoms with Gasteiger partial charge < -0.3 is 0 Å². The zero-order valence-corrected chi connectivity index (χ0v) is 17.6. The molecule has 150 valence electrons. The van der Waals surface area contributed by atoms with Gasteiger partial charge in [0.15, 0.2) is 0 Å². The maximum Gasteiger partial charge on any atom is 0.282 e. The molecular weight excluding hydrogens is 380 g/mol. The van der Waals surface area contributed by atoms with Crippen molar-refractivity contribution in [2.75, 3.05) is 0 Å². The van der Waals surface area contributed by atoms with Crippen molar-refractivity contribution in [1.29, 1.82) is 0 Å². The van der Waals surface area contributed by atoms with E-state index in [9.17, 15) is 8.42 Å². The molecule has 29 heavy (non-hydrogen) atoms. The van der Waals surface area contributed by atoms with Crippen LogP contribution in [-0.4, -0.2) is 25.6 Å². The Morgan fingerprint density at radius 3 is 1.79 bits per heavy atom. The minimum atomic E-state index is -3.71. The SMILES string of the molecule is Cc1ccc(S(=O)(=O)/N=C/[C@H](C)N(Cc2ccccc2)Cc2ccccc2)cc1. The van der Waals surface area contributed by atoms with Gasteiger partial charge in [0, 0.05) is 25.3 Å². The molecule has 0 bridgehead atoms. The Balaban J connectivity index is 1.80. The van der Waals surface area contributed by atoms with Gasteiger partial charge in [-0.05, 0) is 37.1 Å². The average molecular weight is 407 g/mol. The van der Waals surface area contributed by atoms with Crippen molar-refractivity contribution in [2.24, 2.45) is 4.40 Å². The Hall–Kier alpha value is -2.76. The third kappa shape index (κ3) is 6.11. The van der Waals surface area contributed by atoms with Gasteiger partial charge in [0.25, 0.3) is 10.0 Å². The van der Waals surface area contributed by atoms with Crippen molar-refractivity contribution in [2.45, 2.75) is 37.9 Å². The fraction of sp³-hybridized carbons (Fsp3) is 0.208. The highest BCUT2D eigenvalue weighted by molar-refractivity contribution is 7.90. The molecule has 4 nitrogen and oxygen atoms in total. The van der Waals surface area contributed by atoms with Crippen LogP contribution in [-0.2, 0) is 23.1 Å². The summed E-state index contributed by atoms with van der Waals surface area (Å²) >= 11 is 0. The van der Waals surface area contributed by atoms with Crippen LogP contribution in [0.4, 0.5) is 0 Å². The highest BCUT2D eigenvalue weighted by atomic mass is 32.2. The molecule has 3 aromatic carbocycles. The van der Waals surface area contributed by atoms with Crippen LogP contribution < -0.4 is 0 Å². The Kier molecular flexibility index (Phi) is 6.96. The number of hydrogen-bond donors (Lipinski definition) is 0. The first-order valence-electron chi connectivity index (χ1n) is 9.63.